The monoisotopic (exact) mass is 333 g/mol. The van der Waals surface area contributed by atoms with Gasteiger partial charge in [-0.3, -0.25) is 14.9 Å². The maximum absolute atomic E-state index is 11.9. The van der Waals surface area contributed by atoms with Crippen molar-refractivity contribution < 1.29 is 19.2 Å². The summed E-state index contributed by atoms with van der Waals surface area (Å²) in [6, 6.07) is 10.4. The molecule has 0 atom stereocenters. The fraction of sp³-hybridized carbons (Fsp3) is 0.125. The van der Waals surface area contributed by atoms with Gasteiger partial charge in [-0.05, 0) is 19.1 Å². The van der Waals surface area contributed by atoms with Crippen molar-refractivity contribution in [2.24, 2.45) is 0 Å². The Morgan fingerprint density at radius 3 is 2.35 bits per heavy atom. The number of nitro groups is 1. The largest absolute Gasteiger partial charge is 0.454 e. The lowest BCUT2D eigenvalue weighted by atomic mass is 10.1. The summed E-state index contributed by atoms with van der Waals surface area (Å²) in [5, 5.41) is 10.7. The van der Waals surface area contributed by atoms with Gasteiger partial charge in [0, 0.05) is 11.6 Å². The second-order valence-electron chi connectivity index (χ2n) is 4.79. The fourth-order valence-corrected chi connectivity index (χ4v) is 2.00. The number of carbonyl (C=O) groups excluding carboxylic acids is 2. The molecule has 0 N–H and O–H groups in total. The molecule has 2 aromatic rings. The molecule has 0 amide bonds. The molecule has 0 aliphatic heterocycles. The third kappa shape index (κ3) is 4.14. The average molecular weight is 334 g/mol. The minimum atomic E-state index is -0.828. The van der Waals surface area contributed by atoms with Gasteiger partial charge in [0.15, 0.2) is 12.4 Å². The molecule has 0 fully saturated rings. The molecule has 0 aliphatic rings. The van der Waals surface area contributed by atoms with Crippen molar-refractivity contribution in [2.75, 3.05) is 6.61 Å². The highest BCUT2D eigenvalue weighted by Gasteiger charge is 2.18. The van der Waals surface area contributed by atoms with Crippen LogP contribution in [0.2, 0.25) is 5.02 Å². The number of nitrogens with zero attached hydrogens (tertiary/aromatic N) is 1. The van der Waals surface area contributed by atoms with Gasteiger partial charge < -0.3 is 4.74 Å². The molecule has 0 aliphatic carbocycles. The van der Waals surface area contributed by atoms with Gasteiger partial charge in [-0.25, -0.2) is 4.79 Å². The van der Waals surface area contributed by atoms with Gasteiger partial charge in [-0.1, -0.05) is 41.4 Å². The van der Waals surface area contributed by atoms with E-state index in [2.05, 4.69) is 0 Å². The second-order valence-corrected chi connectivity index (χ2v) is 5.20. The highest BCUT2D eigenvalue weighted by atomic mass is 35.5. The zero-order valence-electron chi connectivity index (χ0n) is 12.1. The van der Waals surface area contributed by atoms with E-state index in [-0.39, 0.29) is 16.4 Å². The summed E-state index contributed by atoms with van der Waals surface area (Å²) in [4.78, 5) is 33.9. The minimum Gasteiger partial charge on any atom is -0.454 e. The number of hydrogen-bond donors (Lipinski definition) is 0. The SMILES string of the molecule is Cc1ccc(C(=O)COC(=O)c2ccc(Cl)c([N+](=O)[O-])c2)cc1. The molecule has 23 heavy (non-hydrogen) atoms. The van der Waals surface area contributed by atoms with Crippen molar-refractivity contribution in [2.45, 2.75) is 6.92 Å². The maximum atomic E-state index is 11.9. The van der Waals surface area contributed by atoms with Crippen LogP contribution in [0.4, 0.5) is 5.69 Å². The van der Waals surface area contributed by atoms with E-state index in [1.165, 1.54) is 12.1 Å². The number of ether oxygens (including phenoxy) is 1. The van der Waals surface area contributed by atoms with Gasteiger partial charge in [0.2, 0.25) is 0 Å². The topological polar surface area (TPSA) is 86.5 Å². The van der Waals surface area contributed by atoms with Gasteiger partial charge in [-0.2, -0.15) is 0 Å². The van der Waals surface area contributed by atoms with E-state index < -0.39 is 23.2 Å². The molecule has 0 bridgehead atoms. The lowest BCUT2D eigenvalue weighted by molar-refractivity contribution is -0.384. The van der Waals surface area contributed by atoms with Crippen molar-refractivity contribution >= 4 is 29.0 Å². The van der Waals surface area contributed by atoms with E-state index in [1.807, 2.05) is 6.92 Å². The molecule has 7 heteroatoms. The van der Waals surface area contributed by atoms with Crippen molar-refractivity contribution in [1.29, 1.82) is 0 Å². The van der Waals surface area contributed by atoms with Crippen molar-refractivity contribution in [3.8, 4) is 0 Å². The molecule has 0 radical (unpaired) electrons. The summed E-state index contributed by atoms with van der Waals surface area (Å²) in [5.41, 5.74) is 0.987. The Balaban J connectivity index is 2.05. The van der Waals surface area contributed by atoms with E-state index >= 15 is 0 Å². The summed E-state index contributed by atoms with van der Waals surface area (Å²) in [6.07, 6.45) is 0. The molecular formula is C16H12ClNO5. The zero-order valence-corrected chi connectivity index (χ0v) is 12.9. The first kappa shape index (κ1) is 16.6. The summed E-state index contributed by atoms with van der Waals surface area (Å²) in [6.45, 7) is 1.44. The van der Waals surface area contributed by atoms with Gasteiger partial charge in [0.25, 0.3) is 5.69 Å². The molecule has 0 saturated heterocycles. The van der Waals surface area contributed by atoms with Crippen molar-refractivity contribution in [1.82, 2.24) is 0 Å². The molecule has 0 saturated carbocycles. The smallest absolute Gasteiger partial charge is 0.338 e. The zero-order chi connectivity index (χ0) is 17.0. The molecule has 6 nitrogen and oxygen atoms in total. The molecule has 118 valence electrons. The van der Waals surface area contributed by atoms with E-state index in [0.29, 0.717) is 5.56 Å². The molecule has 0 unspecified atom stereocenters. The summed E-state index contributed by atoms with van der Waals surface area (Å²) in [5.74, 6) is -1.19. The Morgan fingerprint density at radius 1 is 1.13 bits per heavy atom. The Bertz CT molecular complexity index is 771. The number of carbonyl (C=O) groups is 2. The minimum absolute atomic E-state index is 0.0437. The number of Topliss-reactive ketones (excluding diaryl/α,β-unsaturated/α-hetero) is 1. The first-order valence-electron chi connectivity index (χ1n) is 6.59. The Labute approximate surface area is 136 Å². The van der Waals surface area contributed by atoms with Crippen LogP contribution >= 0.6 is 11.6 Å². The van der Waals surface area contributed by atoms with Crippen LogP contribution in [0.5, 0.6) is 0 Å². The van der Waals surface area contributed by atoms with E-state index in [1.54, 1.807) is 24.3 Å². The Morgan fingerprint density at radius 2 is 1.74 bits per heavy atom. The van der Waals surface area contributed by atoms with Crippen molar-refractivity contribution in [3.05, 3.63) is 74.3 Å². The third-order valence-corrected chi connectivity index (χ3v) is 3.41. The van der Waals surface area contributed by atoms with Crippen LogP contribution in [0.3, 0.4) is 0 Å². The summed E-state index contributed by atoms with van der Waals surface area (Å²) >= 11 is 5.67. The van der Waals surface area contributed by atoms with Gasteiger partial charge in [-0.15, -0.1) is 0 Å². The predicted octanol–water partition coefficient (Wildman–Crippen LogP) is 3.60. The predicted molar refractivity (Wildman–Crippen MR) is 83.9 cm³/mol. The van der Waals surface area contributed by atoms with Gasteiger partial charge in [0.05, 0.1) is 10.5 Å². The van der Waals surface area contributed by atoms with Crippen LogP contribution in [0.1, 0.15) is 26.3 Å². The Kier molecular flexibility index (Phi) is 5.08. The molecule has 0 heterocycles. The molecule has 2 rings (SSSR count). The highest BCUT2D eigenvalue weighted by Crippen LogP contribution is 2.25. The van der Waals surface area contributed by atoms with Crippen LogP contribution < -0.4 is 0 Å². The van der Waals surface area contributed by atoms with Crippen LogP contribution in [0, 0.1) is 17.0 Å². The maximum Gasteiger partial charge on any atom is 0.338 e. The highest BCUT2D eigenvalue weighted by molar-refractivity contribution is 6.32. The van der Waals surface area contributed by atoms with E-state index in [9.17, 15) is 19.7 Å². The molecule has 0 aromatic heterocycles. The summed E-state index contributed by atoms with van der Waals surface area (Å²) < 4.78 is 4.89. The number of halogens is 1. The lowest BCUT2D eigenvalue weighted by Gasteiger charge is -2.05. The number of ketones is 1. The van der Waals surface area contributed by atoms with Crippen LogP contribution in [0.15, 0.2) is 42.5 Å². The quantitative estimate of drug-likeness (QED) is 0.361. The Hall–Kier alpha value is -2.73. The standard InChI is InChI=1S/C16H12ClNO5/c1-10-2-4-11(5-3-10)15(19)9-23-16(20)12-6-7-13(17)14(8-12)18(21)22/h2-8H,9H2,1H3. The second kappa shape index (κ2) is 7.02. The number of aryl methyl sites for hydroxylation is 1. The first-order chi connectivity index (χ1) is 10.9. The number of hydrogen-bond acceptors (Lipinski definition) is 5. The first-order valence-corrected chi connectivity index (χ1v) is 6.97. The summed E-state index contributed by atoms with van der Waals surface area (Å²) in [7, 11) is 0. The van der Waals surface area contributed by atoms with Crippen molar-refractivity contribution in [3.63, 3.8) is 0 Å². The third-order valence-electron chi connectivity index (χ3n) is 3.09. The molecule has 0 spiro atoms. The van der Waals surface area contributed by atoms with Crippen LogP contribution in [-0.2, 0) is 4.74 Å². The van der Waals surface area contributed by atoms with Gasteiger partial charge in [0.1, 0.15) is 5.02 Å². The lowest BCUT2D eigenvalue weighted by Crippen LogP contribution is -2.14. The average Bonchev–Trinajstić information content (AvgIpc) is 2.53. The van der Waals surface area contributed by atoms with Crippen LogP contribution in [0.25, 0.3) is 0 Å². The van der Waals surface area contributed by atoms with E-state index in [4.69, 9.17) is 16.3 Å². The fourth-order valence-electron chi connectivity index (χ4n) is 1.82. The van der Waals surface area contributed by atoms with Gasteiger partial charge >= 0.3 is 5.97 Å². The number of benzene rings is 2. The molecule has 2 aromatic carbocycles. The van der Waals surface area contributed by atoms with Crippen LogP contribution in [-0.4, -0.2) is 23.3 Å². The number of esters is 1. The normalized spacial score (nSPS) is 10.2. The molecular weight excluding hydrogens is 322 g/mol. The number of nitro benzene ring substituents is 1. The number of rotatable bonds is 5. The van der Waals surface area contributed by atoms with E-state index in [0.717, 1.165) is 11.6 Å².